The molecule has 0 aliphatic heterocycles. The van der Waals surface area contributed by atoms with Gasteiger partial charge in [-0.1, -0.05) is 42.1 Å². The van der Waals surface area contributed by atoms with Crippen LogP contribution in [0, 0.1) is 18.6 Å². The van der Waals surface area contributed by atoms with Crippen LogP contribution in [0.25, 0.3) is 17.3 Å². The van der Waals surface area contributed by atoms with Gasteiger partial charge in [0.05, 0.1) is 12.0 Å². The molecule has 7 heteroatoms. The summed E-state index contributed by atoms with van der Waals surface area (Å²) in [6.45, 7) is 1.99. The molecule has 136 valence electrons. The van der Waals surface area contributed by atoms with Crippen molar-refractivity contribution in [2.24, 2.45) is 0 Å². The Balaban J connectivity index is 1.75. The summed E-state index contributed by atoms with van der Waals surface area (Å²) in [5, 5.41) is 9.08. The van der Waals surface area contributed by atoms with Gasteiger partial charge in [0, 0.05) is 11.3 Å². The van der Waals surface area contributed by atoms with Gasteiger partial charge < -0.3 is 4.42 Å². The van der Waals surface area contributed by atoms with E-state index in [9.17, 15) is 8.78 Å². The predicted molar refractivity (Wildman–Crippen MR) is 99.7 cm³/mol. The van der Waals surface area contributed by atoms with Gasteiger partial charge in [-0.05, 0) is 36.8 Å². The highest BCUT2D eigenvalue weighted by Gasteiger charge is 2.19. The molecule has 0 spiro atoms. The smallest absolute Gasteiger partial charge is 0.205 e. The second-order valence-electron chi connectivity index (χ2n) is 5.91. The number of rotatable bonds is 5. The fraction of sp³-hybridized carbons (Fsp3) is 0.100. The van der Waals surface area contributed by atoms with Crippen LogP contribution in [0.2, 0.25) is 0 Å². The van der Waals surface area contributed by atoms with Gasteiger partial charge in [-0.25, -0.2) is 8.78 Å². The highest BCUT2D eigenvalue weighted by Crippen LogP contribution is 2.31. The number of thioether (sulfide) groups is 1. The minimum atomic E-state index is -0.857. The normalized spacial score (nSPS) is 11.1. The molecule has 2 aromatic carbocycles. The SMILES string of the molecule is Cc1ccccc1-n1c(SCc2cccc(F)c2F)nnc1-c1ccco1. The minimum Gasteiger partial charge on any atom is -0.461 e. The zero-order chi connectivity index (χ0) is 18.8. The first-order valence-electron chi connectivity index (χ1n) is 8.26. The van der Waals surface area contributed by atoms with Gasteiger partial charge in [0.15, 0.2) is 22.6 Å². The van der Waals surface area contributed by atoms with E-state index in [4.69, 9.17) is 4.42 Å². The van der Waals surface area contributed by atoms with Crippen molar-refractivity contribution in [3.8, 4) is 17.3 Å². The summed E-state index contributed by atoms with van der Waals surface area (Å²) >= 11 is 1.29. The van der Waals surface area contributed by atoms with Gasteiger partial charge in [0.2, 0.25) is 5.82 Å². The Morgan fingerprint density at radius 1 is 1.00 bits per heavy atom. The van der Waals surface area contributed by atoms with E-state index >= 15 is 0 Å². The number of aryl methyl sites for hydroxylation is 1. The molecule has 0 saturated carbocycles. The van der Waals surface area contributed by atoms with Crippen LogP contribution in [0.4, 0.5) is 8.78 Å². The van der Waals surface area contributed by atoms with Crippen LogP contribution in [0.1, 0.15) is 11.1 Å². The number of halogens is 2. The number of benzene rings is 2. The molecule has 2 aromatic heterocycles. The molecule has 0 saturated heterocycles. The summed E-state index contributed by atoms with van der Waals surface area (Å²) in [5.41, 5.74) is 2.21. The van der Waals surface area contributed by atoms with Crippen LogP contribution in [0.3, 0.4) is 0 Å². The molecule has 0 aliphatic carbocycles. The van der Waals surface area contributed by atoms with Crippen molar-refractivity contribution in [1.29, 1.82) is 0 Å². The van der Waals surface area contributed by atoms with Crippen LogP contribution in [0.5, 0.6) is 0 Å². The third-order valence-electron chi connectivity index (χ3n) is 4.12. The minimum absolute atomic E-state index is 0.228. The molecular weight excluding hydrogens is 368 g/mol. The molecule has 0 fully saturated rings. The number of hydrogen-bond donors (Lipinski definition) is 0. The maximum Gasteiger partial charge on any atom is 0.205 e. The molecule has 0 amide bonds. The van der Waals surface area contributed by atoms with Crippen molar-refractivity contribution >= 4 is 11.8 Å². The Labute approximate surface area is 158 Å². The van der Waals surface area contributed by atoms with Crippen molar-refractivity contribution in [2.75, 3.05) is 0 Å². The van der Waals surface area contributed by atoms with Crippen molar-refractivity contribution in [3.63, 3.8) is 0 Å². The number of furan rings is 1. The summed E-state index contributed by atoms with van der Waals surface area (Å²) in [6, 6.07) is 15.6. The molecule has 0 N–H and O–H groups in total. The second-order valence-corrected chi connectivity index (χ2v) is 6.85. The molecule has 4 nitrogen and oxygen atoms in total. The van der Waals surface area contributed by atoms with Crippen LogP contribution < -0.4 is 0 Å². The largest absolute Gasteiger partial charge is 0.461 e. The Kier molecular flexibility index (Phi) is 4.77. The maximum atomic E-state index is 14.0. The second kappa shape index (κ2) is 7.36. The van der Waals surface area contributed by atoms with Crippen LogP contribution in [-0.4, -0.2) is 14.8 Å². The van der Waals surface area contributed by atoms with Crippen LogP contribution in [-0.2, 0) is 5.75 Å². The molecule has 2 heterocycles. The molecule has 0 unspecified atom stereocenters. The third kappa shape index (κ3) is 3.38. The molecule has 4 rings (SSSR count). The summed E-state index contributed by atoms with van der Waals surface area (Å²) in [4.78, 5) is 0. The van der Waals surface area contributed by atoms with E-state index in [-0.39, 0.29) is 11.3 Å². The number of hydrogen-bond acceptors (Lipinski definition) is 4. The molecule has 27 heavy (non-hydrogen) atoms. The summed E-state index contributed by atoms with van der Waals surface area (Å²) in [6.07, 6.45) is 1.57. The summed E-state index contributed by atoms with van der Waals surface area (Å²) in [5.74, 6) is -0.333. The Bertz CT molecular complexity index is 1080. The molecular formula is C20H15F2N3OS. The Morgan fingerprint density at radius 3 is 2.63 bits per heavy atom. The van der Waals surface area contributed by atoms with E-state index in [0.29, 0.717) is 16.7 Å². The van der Waals surface area contributed by atoms with E-state index < -0.39 is 11.6 Å². The topological polar surface area (TPSA) is 43.9 Å². The lowest BCUT2D eigenvalue weighted by atomic mass is 10.2. The van der Waals surface area contributed by atoms with Crippen molar-refractivity contribution in [3.05, 3.63) is 83.6 Å². The van der Waals surface area contributed by atoms with E-state index in [0.717, 1.165) is 17.3 Å². The fourth-order valence-corrected chi connectivity index (χ4v) is 3.68. The van der Waals surface area contributed by atoms with Crippen molar-refractivity contribution in [1.82, 2.24) is 14.8 Å². The lowest BCUT2D eigenvalue weighted by Gasteiger charge is -2.12. The van der Waals surface area contributed by atoms with Crippen molar-refractivity contribution < 1.29 is 13.2 Å². The average molecular weight is 383 g/mol. The van der Waals surface area contributed by atoms with Gasteiger partial charge in [-0.15, -0.1) is 10.2 Å². The molecule has 0 aliphatic rings. The lowest BCUT2D eigenvalue weighted by molar-refractivity contribution is 0.502. The first kappa shape index (κ1) is 17.5. The first-order valence-corrected chi connectivity index (χ1v) is 9.24. The van der Waals surface area contributed by atoms with Crippen LogP contribution >= 0.6 is 11.8 Å². The Morgan fingerprint density at radius 2 is 1.85 bits per heavy atom. The zero-order valence-corrected chi connectivity index (χ0v) is 15.2. The Hall–Kier alpha value is -2.93. The quantitative estimate of drug-likeness (QED) is 0.433. The van der Waals surface area contributed by atoms with E-state index in [1.165, 1.54) is 17.8 Å². The van der Waals surface area contributed by atoms with Crippen LogP contribution in [0.15, 0.2) is 70.4 Å². The van der Waals surface area contributed by atoms with Gasteiger partial charge in [0.1, 0.15) is 0 Å². The van der Waals surface area contributed by atoms with Crippen molar-refractivity contribution in [2.45, 2.75) is 17.8 Å². The predicted octanol–water partition coefficient (Wildman–Crippen LogP) is 5.41. The highest BCUT2D eigenvalue weighted by atomic mass is 32.2. The molecule has 0 radical (unpaired) electrons. The first-order chi connectivity index (χ1) is 13.1. The van der Waals surface area contributed by atoms with Gasteiger partial charge in [-0.2, -0.15) is 0 Å². The number of para-hydroxylation sites is 1. The third-order valence-corrected chi connectivity index (χ3v) is 5.10. The highest BCUT2D eigenvalue weighted by molar-refractivity contribution is 7.98. The van der Waals surface area contributed by atoms with Gasteiger partial charge in [0.25, 0.3) is 0 Å². The van der Waals surface area contributed by atoms with Gasteiger partial charge in [-0.3, -0.25) is 4.57 Å². The molecule has 4 aromatic rings. The van der Waals surface area contributed by atoms with E-state index in [2.05, 4.69) is 10.2 Å². The standard InChI is InChI=1S/C20H15F2N3OS/c1-13-6-2-3-9-16(13)25-19(17-10-5-11-26-17)23-24-20(25)27-12-14-7-4-8-15(21)18(14)22/h2-11H,12H2,1H3. The zero-order valence-electron chi connectivity index (χ0n) is 14.4. The molecule has 0 bridgehead atoms. The van der Waals surface area contributed by atoms with E-state index in [1.807, 2.05) is 35.8 Å². The lowest BCUT2D eigenvalue weighted by Crippen LogP contribution is -2.02. The fourth-order valence-electron chi connectivity index (χ4n) is 2.76. The number of nitrogens with zero attached hydrogens (tertiary/aromatic N) is 3. The summed E-state index contributed by atoms with van der Waals surface area (Å²) < 4.78 is 34.8. The van der Waals surface area contributed by atoms with E-state index in [1.54, 1.807) is 24.5 Å². The monoisotopic (exact) mass is 383 g/mol. The molecule has 0 atom stereocenters. The number of aromatic nitrogens is 3. The summed E-state index contributed by atoms with van der Waals surface area (Å²) in [7, 11) is 0. The maximum absolute atomic E-state index is 14.0. The average Bonchev–Trinajstić information content (AvgIpc) is 3.33. The van der Waals surface area contributed by atoms with Gasteiger partial charge >= 0.3 is 0 Å².